The fourth-order valence-corrected chi connectivity index (χ4v) is 3.88. The Labute approximate surface area is 93.4 Å². The van der Waals surface area contributed by atoms with E-state index < -0.39 is 0 Å². The maximum absolute atomic E-state index is 4.27. The minimum absolute atomic E-state index is 0.528. The summed E-state index contributed by atoms with van der Waals surface area (Å²) in [4.78, 5) is 0. The van der Waals surface area contributed by atoms with Gasteiger partial charge in [0.2, 0.25) is 0 Å². The lowest BCUT2D eigenvalue weighted by Crippen LogP contribution is -2.45. The van der Waals surface area contributed by atoms with E-state index in [0.717, 1.165) is 24.3 Å². The molecule has 0 radical (unpaired) electrons. The van der Waals surface area contributed by atoms with Crippen LogP contribution in [-0.4, -0.2) is 18.3 Å². The highest BCUT2D eigenvalue weighted by atomic mass is 32.1. The third-order valence-electron chi connectivity index (χ3n) is 5.30. The van der Waals surface area contributed by atoms with Gasteiger partial charge >= 0.3 is 0 Å². The molecule has 2 bridgehead atoms. The third kappa shape index (κ3) is 1.26. The fraction of sp³-hybridized carbons (Fsp3) is 1.00. The van der Waals surface area contributed by atoms with Gasteiger partial charge in [-0.1, -0.05) is 20.8 Å². The molecule has 3 unspecified atom stereocenters. The smallest absolute Gasteiger partial charge is 0.0129 e. The highest BCUT2D eigenvalue weighted by Gasteiger charge is 2.60. The van der Waals surface area contributed by atoms with Gasteiger partial charge in [-0.05, 0) is 36.0 Å². The van der Waals surface area contributed by atoms with Crippen LogP contribution in [0.2, 0.25) is 0 Å². The van der Waals surface area contributed by atoms with Crippen LogP contribution in [0.25, 0.3) is 0 Å². The highest BCUT2D eigenvalue weighted by Crippen LogP contribution is 2.65. The Balaban J connectivity index is 2.11. The van der Waals surface area contributed by atoms with Gasteiger partial charge in [0, 0.05) is 18.3 Å². The summed E-state index contributed by atoms with van der Waals surface area (Å²) < 4.78 is 0. The standard InChI is InChI=1S/C12H23NS/c1-11(2)9-4-5-12(11,3)10(8-9)13-6-7-14/h9-10,13-14H,4-8H2,1-3H3. The van der Waals surface area contributed by atoms with E-state index in [-0.39, 0.29) is 0 Å². The molecule has 0 spiro atoms. The first-order valence-corrected chi connectivity index (χ1v) is 6.50. The van der Waals surface area contributed by atoms with Crippen molar-refractivity contribution in [1.82, 2.24) is 5.32 Å². The summed E-state index contributed by atoms with van der Waals surface area (Å²) in [5.74, 6) is 1.91. The van der Waals surface area contributed by atoms with E-state index in [1.807, 2.05) is 0 Å². The Morgan fingerprint density at radius 3 is 2.50 bits per heavy atom. The molecule has 2 heteroatoms. The Kier molecular flexibility index (Phi) is 2.64. The molecule has 2 rings (SSSR count). The molecule has 0 amide bonds. The van der Waals surface area contributed by atoms with Crippen molar-refractivity contribution in [2.75, 3.05) is 12.3 Å². The van der Waals surface area contributed by atoms with Gasteiger partial charge < -0.3 is 5.32 Å². The summed E-state index contributed by atoms with van der Waals surface area (Å²) in [5, 5.41) is 3.68. The molecular weight excluding hydrogens is 190 g/mol. The lowest BCUT2D eigenvalue weighted by Gasteiger charge is -2.39. The van der Waals surface area contributed by atoms with Crippen molar-refractivity contribution in [1.29, 1.82) is 0 Å². The number of nitrogens with one attached hydrogen (secondary N) is 1. The van der Waals surface area contributed by atoms with Crippen molar-refractivity contribution in [3.63, 3.8) is 0 Å². The normalized spacial score (nSPS) is 44.6. The van der Waals surface area contributed by atoms with Crippen molar-refractivity contribution in [3.8, 4) is 0 Å². The van der Waals surface area contributed by atoms with Crippen LogP contribution in [0.5, 0.6) is 0 Å². The van der Waals surface area contributed by atoms with Crippen LogP contribution in [-0.2, 0) is 0 Å². The minimum atomic E-state index is 0.528. The maximum Gasteiger partial charge on any atom is 0.0129 e. The second kappa shape index (κ2) is 3.41. The number of thiol groups is 1. The Bertz CT molecular complexity index is 226. The maximum atomic E-state index is 4.27. The van der Waals surface area contributed by atoms with Gasteiger partial charge in [0.15, 0.2) is 0 Å². The van der Waals surface area contributed by atoms with E-state index in [1.165, 1.54) is 19.3 Å². The van der Waals surface area contributed by atoms with Crippen LogP contribution in [0, 0.1) is 16.7 Å². The summed E-state index contributed by atoms with van der Waals surface area (Å²) >= 11 is 4.27. The third-order valence-corrected chi connectivity index (χ3v) is 5.52. The molecular formula is C12H23NS. The zero-order valence-electron chi connectivity index (χ0n) is 9.64. The first-order valence-electron chi connectivity index (χ1n) is 5.86. The Morgan fingerprint density at radius 1 is 1.36 bits per heavy atom. The molecule has 0 saturated heterocycles. The molecule has 3 atom stereocenters. The molecule has 2 aliphatic rings. The molecule has 1 N–H and O–H groups in total. The molecule has 2 aliphatic carbocycles. The van der Waals surface area contributed by atoms with E-state index in [9.17, 15) is 0 Å². The van der Waals surface area contributed by atoms with Crippen LogP contribution < -0.4 is 5.32 Å². The fourth-order valence-electron chi connectivity index (χ4n) is 3.75. The summed E-state index contributed by atoms with van der Waals surface area (Å²) in [6.45, 7) is 8.47. The first kappa shape index (κ1) is 10.8. The van der Waals surface area contributed by atoms with Crippen molar-refractivity contribution in [2.24, 2.45) is 16.7 Å². The summed E-state index contributed by atoms with van der Waals surface area (Å²) in [6.07, 6.45) is 4.24. The molecule has 0 heterocycles. The predicted octanol–water partition coefficient (Wildman–Crippen LogP) is 2.72. The van der Waals surface area contributed by atoms with Gasteiger partial charge in [0.05, 0.1) is 0 Å². The summed E-state index contributed by atoms with van der Waals surface area (Å²) in [7, 11) is 0. The zero-order valence-corrected chi connectivity index (χ0v) is 10.5. The number of fused-ring (bicyclic) bond motifs is 2. The molecule has 2 saturated carbocycles. The van der Waals surface area contributed by atoms with Gasteiger partial charge in [-0.2, -0.15) is 12.6 Å². The van der Waals surface area contributed by atoms with Gasteiger partial charge in [0.25, 0.3) is 0 Å². The quantitative estimate of drug-likeness (QED) is 0.687. The van der Waals surface area contributed by atoms with Gasteiger partial charge in [-0.3, -0.25) is 0 Å². The van der Waals surface area contributed by atoms with E-state index in [0.29, 0.717) is 10.8 Å². The van der Waals surface area contributed by atoms with Crippen LogP contribution in [0.15, 0.2) is 0 Å². The Morgan fingerprint density at radius 2 is 2.07 bits per heavy atom. The van der Waals surface area contributed by atoms with Crippen LogP contribution >= 0.6 is 12.6 Å². The zero-order chi connectivity index (χ0) is 10.4. The molecule has 82 valence electrons. The molecule has 0 aromatic rings. The monoisotopic (exact) mass is 213 g/mol. The molecule has 14 heavy (non-hydrogen) atoms. The SMILES string of the molecule is CC1(C)C2CCC1(C)C(NCCS)C2. The largest absolute Gasteiger partial charge is 0.313 e. The van der Waals surface area contributed by atoms with Crippen LogP contribution in [0.3, 0.4) is 0 Å². The second-order valence-electron chi connectivity index (χ2n) is 5.84. The van der Waals surface area contributed by atoms with Gasteiger partial charge in [-0.15, -0.1) is 0 Å². The topological polar surface area (TPSA) is 12.0 Å². The van der Waals surface area contributed by atoms with Crippen molar-refractivity contribution in [3.05, 3.63) is 0 Å². The molecule has 0 aromatic carbocycles. The van der Waals surface area contributed by atoms with E-state index >= 15 is 0 Å². The number of hydrogen-bond donors (Lipinski definition) is 2. The average molecular weight is 213 g/mol. The second-order valence-corrected chi connectivity index (χ2v) is 6.29. The van der Waals surface area contributed by atoms with Crippen molar-refractivity contribution in [2.45, 2.75) is 46.1 Å². The minimum Gasteiger partial charge on any atom is -0.313 e. The number of rotatable bonds is 3. The average Bonchev–Trinajstić information content (AvgIpc) is 2.46. The van der Waals surface area contributed by atoms with E-state index in [2.05, 4.69) is 38.7 Å². The summed E-state index contributed by atoms with van der Waals surface area (Å²) in [5.41, 5.74) is 1.07. The van der Waals surface area contributed by atoms with Gasteiger partial charge in [-0.25, -0.2) is 0 Å². The Hall–Kier alpha value is 0.310. The molecule has 1 nitrogen and oxygen atoms in total. The lowest BCUT2D eigenvalue weighted by atomic mass is 9.69. The molecule has 0 aliphatic heterocycles. The predicted molar refractivity (Wildman–Crippen MR) is 64.9 cm³/mol. The van der Waals surface area contributed by atoms with Gasteiger partial charge in [0.1, 0.15) is 0 Å². The van der Waals surface area contributed by atoms with Crippen LogP contribution in [0.4, 0.5) is 0 Å². The van der Waals surface area contributed by atoms with Crippen molar-refractivity contribution >= 4 is 12.6 Å². The molecule has 0 aromatic heterocycles. The van der Waals surface area contributed by atoms with E-state index in [1.54, 1.807) is 0 Å². The molecule has 2 fully saturated rings. The number of hydrogen-bond acceptors (Lipinski definition) is 2. The van der Waals surface area contributed by atoms with Crippen molar-refractivity contribution < 1.29 is 0 Å². The van der Waals surface area contributed by atoms with E-state index in [4.69, 9.17) is 0 Å². The summed E-state index contributed by atoms with van der Waals surface area (Å²) in [6, 6.07) is 0.739. The van der Waals surface area contributed by atoms with Crippen LogP contribution in [0.1, 0.15) is 40.0 Å². The first-order chi connectivity index (χ1) is 6.52. The highest BCUT2D eigenvalue weighted by molar-refractivity contribution is 7.80. The lowest BCUT2D eigenvalue weighted by molar-refractivity contribution is 0.122.